The Morgan fingerprint density at radius 3 is 2.79 bits per heavy atom. The van der Waals surface area contributed by atoms with E-state index in [-0.39, 0.29) is 28.8 Å². The third kappa shape index (κ3) is 3.62. The Balaban J connectivity index is 2.01. The molecule has 1 aromatic rings. The first-order valence-corrected chi connectivity index (χ1v) is 6.36. The van der Waals surface area contributed by atoms with Gasteiger partial charge in [-0.25, -0.2) is 4.39 Å². The van der Waals surface area contributed by atoms with Crippen LogP contribution in [0.1, 0.15) is 6.42 Å². The van der Waals surface area contributed by atoms with E-state index < -0.39 is 10.7 Å². The van der Waals surface area contributed by atoms with Gasteiger partial charge in [0, 0.05) is 18.6 Å². The van der Waals surface area contributed by atoms with Crippen LogP contribution < -0.4 is 4.74 Å². The van der Waals surface area contributed by atoms with Crippen molar-refractivity contribution in [3.8, 4) is 5.75 Å². The molecule has 1 heterocycles. The van der Waals surface area contributed by atoms with E-state index in [4.69, 9.17) is 14.2 Å². The van der Waals surface area contributed by atoms with E-state index in [1.807, 2.05) is 0 Å². The Kier molecular flexibility index (Phi) is 4.67. The monoisotopic (exact) mass is 335 g/mol. The molecular formula is C11H11BrFNO5. The Bertz CT molecular complexity index is 478. The van der Waals surface area contributed by atoms with E-state index in [1.54, 1.807) is 0 Å². The molecule has 2 rings (SSSR count). The number of hydrogen-bond donors (Lipinski definition) is 0. The van der Waals surface area contributed by atoms with E-state index in [0.29, 0.717) is 19.6 Å². The van der Waals surface area contributed by atoms with Gasteiger partial charge >= 0.3 is 5.69 Å². The number of hydrogen-bond acceptors (Lipinski definition) is 5. The smallest absolute Gasteiger partial charge is 0.312 e. The van der Waals surface area contributed by atoms with E-state index in [2.05, 4.69) is 15.9 Å². The predicted octanol–water partition coefficient (Wildman–Crippen LogP) is 2.64. The van der Waals surface area contributed by atoms with Gasteiger partial charge in [-0.2, -0.15) is 0 Å². The van der Waals surface area contributed by atoms with Crippen molar-refractivity contribution < 1.29 is 23.5 Å². The van der Waals surface area contributed by atoms with Gasteiger partial charge in [0.15, 0.2) is 12.0 Å². The number of benzene rings is 1. The van der Waals surface area contributed by atoms with Crippen molar-refractivity contribution >= 4 is 21.6 Å². The minimum atomic E-state index is -0.623. The fourth-order valence-electron chi connectivity index (χ4n) is 1.62. The molecule has 0 aliphatic carbocycles. The lowest BCUT2D eigenvalue weighted by molar-refractivity contribution is -0.386. The summed E-state index contributed by atoms with van der Waals surface area (Å²) in [7, 11) is 0. The largest absolute Gasteiger partial charge is 0.487 e. The second kappa shape index (κ2) is 6.27. The van der Waals surface area contributed by atoms with Crippen LogP contribution in [0.4, 0.5) is 10.1 Å². The van der Waals surface area contributed by atoms with Crippen LogP contribution >= 0.6 is 15.9 Å². The molecule has 19 heavy (non-hydrogen) atoms. The maximum absolute atomic E-state index is 13.4. The second-order valence-corrected chi connectivity index (χ2v) is 4.65. The summed E-state index contributed by atoms with van der Waals surface area (Å²) >= 11 is 2.90. The fourth-order valence-corrected chi connectivity index (χ4v) is 1.95. The standard InChI is InChI=1S/C11H11BrFNO5/c12-7-5-9(14(15)16)10(6-8(7)13)17-2-1-11-18-3-4-19-11/h5-6,11H,1-4H2. The first kappa shape index (κ1) is 14.2. The summed E-state index contributed by atoms with van der Waals surface area (Å²) in [5.74, 6) is -0.724. The lowest BCUT2D eigenvalue weighted by Crippen LogP contribution is -2.13. The van der Waals surface area contributed by atoms with Crippen LogP contribution in [-0.4, -0.2) is 31.0 Å². The van der Waals surface area contributed by atoms with Gasteiger partial charge in [0.25, 0.3) is 0 Å². The normalized spacial score (nSPS) is 15.7. The van der Waals surface area contributed by atoms with E-state index in [0.717, 1.165) is 12.1 Å². The van der Waals surface area contributed by atoms with Gasteiger partial charge in [0.1, 0.15) is 5.82 Å². The molecule has 0 radical (unpaired) electrons. The fraction of sp³-hybridized carbons (Fsp3) is 0.455. The summed E-state index contributed by atoms with van der Waals surface area (Å²) in [5, 5.41) is 10.8. The van der Waals surface area contributed by atoms with Crippen molar-refractivity contribution in [3.05, 3.63) is 32.5 Å². The maximum atomic E-state index is 13.4. The first-order chi connectivity index (χ1) is 9.08. The van der Waals surface area contributed by atoms with Gasteiger partial charge in [-0.3, -0.25) is 10.1 Å². The molecule has 0 aromatic heterocycles. The van der Waals surface area contributed by atoms with Gasteiger partial charge in [0.2, 0.25) is 0 Å². The highest BCUT2D eigenvalue weighted by atomic mass is 79.9. The Morgan fingerprint density at radius 2 is 2.16 bits per heavy atom. The zero-order valence-electron chi connectivity index (χ0n) is 9.80. The molecule has 0 unspecified atom stereocenters. The Hall–Kier alpha value is -1.25. The number of rotatable bonds is 5. The van der Waals surface area contributed by atoms with Gasteiger partial charge < -0.3 is 14.2 Å². The van der Waals surface area contributed by atoms with Crippen LogP contribution in [0.5, 0.6) is 5.75 Å². The Morgan fingerprint density at radius 1 is 1.47 bits per heavy atom. The highest BCUT2D eigenvalue weighted by Crippen LogP contribution is 2.32. The summed E-state index contributed by atoms with van der Waals surface area (Å²) < 4.78 is 29.0. The minimum Gasteiger partial charge on any atom is -0.487 e. The first-order valence-electron chi connectivity index (χ1n) is 5.57. The summed E-state index contributed by atoms with van der Waals surface area (Å²) in [6.07, 6.45) is 0.0637. The van der Waals surface area contributed by atoms with Gasteiger partial charge in [-0.05, 0) is 15.9 Å². The molecular weight excluding hydrogens is 325 g/mol. The summed E-state index contributed by atoms with van der Waals surface area (Å²) in [4.78, 5) is 10.2. The molecule has 1 saturated heterocycles. The van der Waals surface area contributed by atoms with Crippen molar-refractivity contribution in [1.82, 2.24) is 0 Å². The predicted molar refractivity (Wildman–Crippen MR) is 66.6 cm³/mol. The highest BCUT2D eigenvalue weighted by Gasteiger charge is 2.20. The molecule has 104 valence electrons. The van der Waals surface area contributed by atoms with Crippen LogP contribution in [0.15, 0.2) is 16.6 Å². The zero-order valence-corrected chi connectivity index (χ0v) is 11.4. The average molecular weight is 336 g/mol. The number of nitro groups is 1. The van der Waals surface area contributed by atoms with E-state index in [9.17, 15) is 14.5 Å². The summed E-state index contributed by atoms with van der Waals surface area (Å²) in [6, 6.07) is 2.06. The molecule has 1 fully saturated rings. The van der Waals surface area contributed by atoms with E-state index >= 15 is 0 Å². The third-order valence-corrected chi connectivity index (χ3v) is 3.11. The van der Waals surface area contributed by atoms with Crippen molar-refractivity contribution in [2.45, 2.75) is 12.7 Å². The molecule has 0 amide bonds. The number of nitro benzene ring substituents is 1. The maximum Gasteiger partial charge on any atom is 0.312 e. The number of nitrogens with zero attached hydrogens (tertiary/aromatic N) is 1. The van der Waals surface area contributed by atoms with Crippen molar-refractivity contribution in [3.63, 3.8) is 0 Å². The molecule has 0 atom stereocenters. The molecule has 0 spiro atoms. The third-order valence-electron chi connectivity index (χ3n) is 2.50. The van der Waals surface area contributed by atoms with E-state index in [1.165, 1.54) is 0 Å². The van der Waals surface area contributed by atoms with Crippen molar-refractivity contribution in [2.75, 3.05) is 19.8 Å². The van der Waals surface area contributed by atoms with Crippen LogP contribution in [0.3, 0.4) is 0 Å². The molecule has 0 N–H and O–H groups in total. The average Bonchev–Trinajstić information content (AvgIpc) is 2.86. The van der Waals surface area contributed by atoms with Gasteiger partial charge in [-0.1, -0.05) is 0 Å². The lowest BCUT2D eigenvalue weighted by atomic mass is 10.3. The molecule has 0 bridgehead atoms. The quantitative estimate of drug-likeness (QED) is 0.611. The van der Waals surface area contributed by atoms with Crippen molar-refractivity contribution in [1.29, 1.82) is 0 Å². The molecule has 8 heteroatoms. The molecule has 0 saturated carbocycles. The number of halogens is 2. The van der Waals surface area contributed by atoms with Crippen LogP contribution in [-0.2, 0) is 9.47 Å². The molecule has 1 aliphatic heterocycles. The number of ether oxygens (including phenoxy) is 3. The van der Waals surface area contributed by atoms with Crippen LogP contribution in [0.2, 0.25) is 0 Å². The van der Waals surface area contributed by atoms with Gasteiger partial charge in [0.05, 0.1) is 29.2 Å². The summed E-state index contributed by atoms with van der Waals surface area (Å²) in [5.41, 5.74) is -0.290. The Labute approximate surface area is 116 Å². The van der Waals surface area contributed by atoms with Crippen molar-refractivity contribution in [2.24, 2.45) is 0 Å². The molecule has 6 nitrogen and oxygen atoms in total. The molecule has 1 aromatic carbocycles. The van der Waals surface area contributed by atoms with Crippen LogP contribution in [0, 0.1) is 15.9 Å². The van der Waals surface area contributed by atoms with Crippen LogP contribution in [0.25, 0.3) is 0 Å². The zero-order chi connectivity index (χ0) is 13.8. The highest BCUT2D eigenvalue weighted by molar-refractivity contribution is 9.10. The minimum absolute atomic E-state index is 0.0222. The van der Waals surface area contributed by atoms with Gasteiger partial charge in [-0.15, -0.1) is 0 Å². The SMILES string of the molecule is O=[N+]([O-])c1cc(Br)c(F)cc1OCCC1OCCO1. The lowest BCUT2D eigenvalue weighted by Gasteiger charge is -2.10. The topological polar surface area (TPSA) is 70.8 Å². The second-order valence-electron chi connectivity index (χ2n) is 3.80. The summed E-state index contributed by atoms with van der Waals surface area (Å²) in [6.45, 7) is 1.20. The molecule has 1 aliphatic rings.